The average molecular weight is 451 g/mol. The Balaban J connectivity index is 2.09. The predicted octanol–water partition coefficient (Wildman–Crippen LogP) is 5.29. The number of thioether (sulfide) groups is 1. The first kappa shape index (κ1) is 24.2. The van der Waals surface area contributed by atoms with Crippen LogP contribution >= 0.6 is 23.4 Å². The van der Waals surface area contributed by atoms with Crippen LogP contribution < -0.4 is 5.32 Å². The lowest BCUT2D eigenvalue weighted by molar-refractivity contribution is -0.141. The van der Waals surface area contributed by atoms with Crippen LogP contribution in [0.2, 0.25) is 5.02 Å². The van der Waals surface area contributed by atoms with Crippen LogP contribution in [0.4, 0.5) is 4.39 Å². The van der Waals surface area contributed by atoms with Gasteiger partial charge in [-0.25, -0.2) is 4.39 Å². The predicted molar refractivity (Wildman–Crippen MR) is 121 cm³/mol. The second kappa shape index (κ2) is 12.6. The van der Waals surface area contributed by atoms with E-state index in [4.69, 9.17) is 11.6 Å². The van der Waals surface area contributed by atoms with E-state index in [-0.39, 0.29) is 24.2 Å². The third-order valence-electron chi connectivity index (χ3n) is 4.60. The lowest BCUT2D eigenvalue weighted by Crippen LogP contribution is -2.49. The van der Waals surface area contributed by atoms with Gasteiger partial charge in [-0.15, -0.1) is 11.8 Å². The SMILES string of the molecule is CCCNC(=O)C(CC)N(Cc1ccc(F)cc1)C(=O)CCSc1ccc(Cl)cc1. The van der Waals surface area contributed by atoms with E-state index in [2.05, 4.69) is 5.32 Å². The summed E-state index contributed by atoms with van der Waals surface area (Å²) in [6.07, 6.45) is 1.63. The maximum absolute atomic E-state index is 13.3. The molecule has 1 atom stereocenters. The Morgan fingerprint density at radius 3 is 2.37 bits per heavy atom. The zero-order valence-corrected chi connectivity index (χ0v) is 18.9. The van der Waals surface area contributed by atoms with Gasteiger partial charge in [-0.3, -0.25) is 9.59 Å². The summed E-state index contributed by atoms with van der Waals surface area (Å²) in [4.78, 5) is 28.4. The molecule has 2 aromatic rings. The molecule has 4 nitrogen and oxygen atoms in total. The zero-order valence-electron chi connectivity index (χ0n) is 17.4. The molecule has 0 bridgehead atoms. The van der Waals surface area contributed by atoms with Crippen molar-refractivity contribution in [3.8, 4) is 0 Å². The first-order valence-corrected chi connectivity index (χ1v) is 11.5. The number of hydrogen-bond acceptors (Lipinski definition) is 3. The third-order valence-corrected chi connectivity index (χ3v) is 5.87. The molecule has 1 N–H and O–H groups in total. The van der Waals surface area contributed by atoms with Crippen molar-refractivity contribution >= 4 is 35.2 Å². The Hall–Kier alpha value is -2.05. The first-order valence-electron chi connectivity index (χ1n) is 10.1. The average Bonchev–Trinajstić information content (AvgIpc) is 2.74. The zero-order chi connectivity index (χ0) is 21.9. The van der Waals surface area contributed by atoms with Crippen molar-refractivity contribution in [3.05, 3.63) is 64.9 Å². The van der Waals surface area contributed by atoms with E-state index < -0.39 is 6.04 Å². The fourth-order valence-electron chi connectivity index (χ4n) is 3.00. The highest BCUT2D eigenvalue weighted by molar-refractivity contribution is 7.99. The second-order valence-corrected chi connectivity index (χ2v) is 8.52. The molecule has 0 heterocycles. The molecule has 0 aliphatic heterocycles. The number of halogens is 2. The van der Waals surface area contributed by atoms with Crippen molar-refractivity contribution in [1.29, 1.82) is 0 Å². The summed E-state index contributed by atoms with van der Waals surface area (Å²) in [5, 5.41) is 3.56. The van der Waals surface area contributed by atoms with Gasteiger partial charge in [-0.1, -0.05) is 37.6 Å². The van der Waals surface area contributed by atoms with E-state index in [9.17, 15) is 14.0 Å². The highest BCUT2D eigenvalue weighted by atomic mass is 35.5. The number of benzene rings is 2. The number of nitrogens with zero attached hydrogens (tertiary/aromatic N) is 1. The van der Waals surface area contributed by atoms with Gasteiger partial charge in [0.1, 0.15) is 11.9 Å². The van der Waals surface area contributed by atoms with Gasteiger partial charge in [-0.2, -0.15) is 0 Å². The van der Waals surface area contributed by atoms with Gasteiger partial charge in [0.2, 0.25) is 11.8 Å². The maximum Gasteiger partial charge on any atom is 0.242 e. The number of nitrogens with one attached hydrogen (secondary N) is 1. The minimum Gasteiger partial charge on any atom is -0.354 e. The minimum absolute atomic E-state index is 0.0979. The van der Waals surface area contributed by atoms with E-state index in [0.717, 1.165) is 16.9 Å². The Morgan fingerprint density at radius 2 is 1.77 bits per heavy atom. The molecule has 0 aromatic heterocycles. The standard InChI is InChI=1S/C23H28ClFN2O2S/c1-3-14-26-23(29)21(4-2)27(16-17-5-9-19(25)10-6-17)22(28)13-15-30-20-11-7-18(24)8-12-20/h5-12,21H,3-4,13-16H2,1-2H3,(H,26,29). The molecule has 2 rings (SSSR count). The molecular formula is C23H28ClFN2O2S. The first-order chi connectivity index (χ1) is 14.4. The molecule has 0 radical (unpaired) electrons. The van der Waals surface area contributed by atoms with Crippen LogP contribution in [0.1, 0.15) is 38.7 Å². The molecule has 7 heteroatoms. The topological polar surface area (TPSA) is 49.4 Å². The Bertz CT molecular complexity index is 815. The molecule has 2 aromatic carbocycles. The molecule has 0 saturated carbocycles. The molecule has 0 saturated heterocycles. The molecule has 0 aliphatic carbocycles. The minimum atomic E-state index is -0.561. The quantitative estimate of drug-likeness (QED) is 0.473. The van der Waals surface area contributed by atoms with E-state index in [1.165, 1.54) is 12.1 Å². The molecule has 0 aliphatic rings. The number of amides is 2. The van der Waals surface area contributed by atoms with Gasteiger partial charge < -0.3 is 10.2 Å². The molecule has 0 fully saturated rings. The fraction of sp³-hybridized carbons (Fsp3) is 0.391. The van der Waals surface area contributed by atoms with Crippen molar-refractivity contribution in [2.75, 3.05) is 12.3 Å². The summed E-state index contributed by atoms with van der Waals surface area (Å²) < 4.78 is 13.3. The Labute approximate surface area is 187 Å². The normalized spacial score (nSPS) is 11.7. The van der Waals surface area contributed by atoms with Crippen LogP contribution in [0.5, 0.6) is 0 Å². The van der Waals surface area contributed by atoms with Crippen molar-refractivity contribution in [2.24, 2.45) is 0 Å². The molecule has 0 spiro atoms. The fourth-order valence-corrected chi connectivity index (χ4v) is 3.97. The van der Waals surface area contributed by atoms with Crippen LogP contribution in [0.25, 0.3) is 0 Å². The molecule has 1 unspecified atom stereocenters. The summed E-state index contributed by atoms with van der Waals surface area (Å²) in [6.45, 7) is 4.71. The monoisotopic (exact) mass is 450 g/mol. The van der Waals surface area contributed by atoms with Crippen molar-refractivity contribution in [1.82, 2.24) is 10.2 Å². The van der Waals surface area contributed by atoms with Gasteiger partial charge in [0, 0.05) is 35.2 Å². The number of hydrogen-bond donors (Lipinski definition) is 1. The van der Waals surface area contributed by atoms with Crippen LogP contribution in [-0.2, 0) is 16.1 Å². The van der Waals surface area contributed by atoms with E-state index in [1.54, 1.807) is 28.8 Å². The number of rotatable bonds is 11. The van der Waals surface area contributed by atoms with Crippen LogP contribution in [0.3, 0.4) is 0 Å². The third kappa shape index (κ3) is 7.65. The van der Waals surface area contributed by atoms with Gasteiger partial charge in [-0.05, 0) is 54.8 Å². The van der Waals surface area contributed by atoms with Gasteiger partial charge >= 0.3 is 0 Å². The lowest BCUT2D eigenvalue weighted by atomic mass is 10.1. The highest BCUT2D eigenvalue weighted by Gasteiger charge is 2.28. The smallest absolute Gasteiger partial charge is 0.242 e. The van der Waals surface area contributed by atoms with Gasteiger partial charge in [0.05, 0.1) is 0 Å². The van der Waals surface area contributed by atoms with Crippen LogP contribution in [0, 0.1) is 5.82 Å². The Kier molecular flexibility index (Phi) is 10.2. The summed E-state index contributed by atoms with van der Waals surface area (Å²) in [7, 11) is 0. The Morgan fingerprint density at radius 1 is 1.10 bits per heavy atom. The van der Waals surface area contributed by atoms with Crippen molar-refractivity contribution < 1.29 is 14.0 Å². The summed E-state index contributed by atoms with van der Waals surface area (Å²) >= 11 is 7.48. The van der Waals surface area contributed by atoms with Gasteiger partial charge in [0.25, 0.3) is 0 Å². The number of carbonyl (C=O) groups excluding carboxylic acids is 2. The van der Waals surface area contributed by atoms with Crippen LogP contribution in [0.15, 0.2) is 53.4 Å². The molecule has 2 amide bonds. The van der Waals surface area contributed by atoms with Crippen molar-refractivity contribution in [2.45, 2.75) is 50.6 Å². The van der Waals surface area contributed by atoms with Crippen LogP contribution in [-0.4, -0.2) is 35.1 Å². The summed E-state index contributed by atoms with van der Waals surface area (Å²) in [5.41, 5.74) is 0.789. The molecule has 162 valence electrons. The molecule has 30 heavy (non-hydrogen) atoms. The largest absolute Gasteiger partial charge is 0.354 e. The summed E-state index contributed by atoms with van der Waals surface area (Å²) in [5.74, 6) is 0.0103. The number of carbonyl (C=O) groups is 2. The second-order valence-electron chi connectivity index (χ2n) is 6.92. The lowest BCUT2D eigenvalue weighted by Gasteiger charge is -2.30. The van der Waals surface area contributed by atoms with Crippen molar-refractivity contribution in [3.63, 3.8) is 0 Å². The van der Waals surface area contributed by atoms with E-state index >= 15 is 0 Å². The van der Waals surface area contributed by atoms with E-state index in [1.807, 2.05) is 38.1 Å². The highest BCUT2D eigenvalue weighted by Crippen LogP contribution is 2.22. The van der Waals surface area contributed by atoms with E-state index in [0.29, 0.717) is 30.2 Å². The maximum atomic E-state index is 13.3. The summed E-state index contributed by atoms with van der Waals surface area (Å²) in [6, 6.07) is 12.9. The van der Waals surface area contributed by atoms with Gasteiger partial charge in [0.15, 0.2) is 0 Å². The molecular weight excluding hydrogens is 423 g/mol.